The Balaban J connectivity index is 1.96. The number of ether oxygens (including phenoxy) is 1. The van der Waals surface area contributed by atoms with E-state index >= 15 is 0 Å². The fraction of sp³-hybridized carbons (Fsp3) is 0.158. The average Bonchev–Trinajstić information content (AvgIpc) is 2.53. The maximum atomic E-state index is 5.69. The highest BCUT2D eigenvalue weighted by Crippen LogP contribution is 2.26. The summed E-state index contributed by atoms with van der Waals surface area (Å²) in [5, 5.41) is 2.60. The van der Waals surface area contributed by atoms with Crippen LogP contribution in [0, 0.1) is 0 Å². The molecule has 1 nitrogen and oxygen atoms in total. The van der Waals surface area contributed by atoms with Gasteiger partial charge >= 0.3 is 0 Å². The van der Waals surface area contributed by atoms with Crippen LogP contribution >= 0.6 is 0 Å². The van der Waals surface area contributed by atoms with Crippen LogP contribution in [0.2, 0.25) is 0 Å². The molecule has 0 saturated heterocycles. The molecule has 0 aliphatic heterocycles. The topological polar surface area (TPSA) is 9.23 Å². The third-order valence-corrected chi connectivity index (χ3v) is 3.74. The molecule has 0 N–H and O–H groups in total. The minimum atomic E-state index is 0.0991. The van der Waals surface area contributed by atoms with Crippen LogP contribution in [0.3, 0.4) is 0 Å². The van der Waals surface area contributed by atoms with Gasteiger partial charge in [0.15, 0.2) is 0 Å². The average molecular weight is 262 g/mol. The lowest BCUT2D eigenvalue weighted by molar-refractivity contribution is 0.104. The van der Waals surface area contributed by atoms with Crippen LogP contribution < -0.4 is 0 Å². The first kappa shape index (κ1) is 12.9. The van der Waals surface area contributed by atoms with Gasteiger partial charge in [-0.05, 0) is 21.9 Å². The lowest BCUT2D eigenvalue weighted by Crippen LogP contribution is -2.05. The zero-order valence-electron chi connectivity index (χ0n) is 11.6. The Labute approximate surface area is 119 Å². The molecule has 0 aromatic heterocycles. The first-order valence-corrected chi connectivity index (χ1v) is 6.93. The van der Waals surface area contributed by atoms with Gasteiger partial charge < -0.3 is 4.74 Å². The summed E-state index contributed by atoms with van der Waals surface area (Å²) in [4.78, 5) is 0. The summed E-state index contributed by atoms with van der Waals surface area (Å²) in [7, 11) is 1.78. The molecule has 3 rings (SSSR count). The third kappa shape index (κ3) is 2.59. The van der Waals surface area contributed by atoms with Gasteiger partial charge in [-0.25, -0.2) is 0 Å². The van der Waals surface area contributed by atoms with Crippen LogP contribution in [0.5, 0.6) is 0 Å². The molecule has 0 aliphatic carbocycles. The van der Waals surface area contributed by atoms with Crippen molar-refractivity contribution in [3.8, 4) is 0 Å². The highest BCUT2D eigenvalue weighted by atomic mass is 16.5. The molecule has 1 heteroatoms. The molecule has 1 atom stereocenters. The van der Waals surface area contributed by atoms with Gasteiger partial charge in [0.05, 0.1) is 6.10 Å². The van der Waals surface area contributed by atoms with Crippen LogP contribution in [0.4, 0.5) is 0 Å². The van der Waals surface area contributed by atoms with E-state index in [0.717, 1.165) is 6.42 Å². The van der Waals surface area contributed by atoms with Crippen LogP contribution in [0.1, 0.15) is 17.2 Å². The van der Waals surface area contributed by atoms with E-state index in [9.17, 15) is 0 Å². The Hall–Kier alpha value is -2.12. The molecule has 0 spiro atoms. The van der Waals surface area contributed by atoms with Crippen LogP contribution in [-0.4, -0.2) is 7.11 Å². The predicted octanol–water partition coefficient (Wildman–Crippen LogP) is 4.77. The highest BCUT2D eigenvalue weighted by molar-refractivity contribution is 5.85. The van der Waals surface area contributed by atoms with Crippen molar-refractivity contribution in [3.63, 3.8) is 0 Å². The van der Waals surface area contributed by atoms with Crippen molar-refractivity contribution in [1.82, 2.24) is 0 Å². The molecule has 3 aromatic rings. The molecular formula is C19H18O. The predicted molar refractivity (Wildman–Crippen MR) is 83.8 cm³/mol. The quantitative estimate of drug-likeness (QED) is 0.658. The van der Waals surface area contributed by atoms with Gasteiger partial charge in [-0.2, -0.15) is 0 Å². The summed E-state index contributed by atoms with van der Waals surface area (Å²) in [6.07, 6.45) is 0.990. The molecule has 0 saturated carbocycles. The van der Waals surface area contributed by atoms with Crippen molar-refractivity contribution in [2.75, 3.05) is 7.11 Å². The first-order chi connectivity index (χ1) is 9.88. The Morgan fingerprint density at radius 3 is 2.30 bits per heavy atom. The lowest BCUT2D eigenvalue weighted by Gasteiger charge is -2.17. The number of rotatable bonds is 4. The molecule has 0 amide bonds. The highest BCUT2D eigenvalue weighted by Gasteiger charge is 2.12. The maximum Gasteiger partial charge on any atom is 0.0861 e. The zero-order chi connectivity index (χ0) is 13.8. The third-order valence-electron chi connectivity index (χ3n) is 3.74. The van der Waals surface area contributed by atoms with Gasteiger partial charge in [-0.1, -0.05) is 72.8 Å². The smallest absolute Gasteiger partial charge is 0.0861 e. The number of benzene rings is 3. The van der Waals surface area contributed by atoms with Gasteiger partial charge in [0.2, 0.25) is 0 Å². The minimum absolute atomic E-state index is 0.0991. The number of methoxy groups -OCH3 is 1. The van der Waals surface area contributed by atoms with Gasteiger partial charge in [0, 0.05) is 13.5 Å². The van der Waals surface area contributed by atoms with Crippen molar-refractivity contribution in [2.24, 2.45) is 0 Å². The van der Waals surface area contributed by atoms with E-state index in [-0.39, 0.29) is 6.10 Å². The second-order valence-electron chi connectivity index (χ2n) is 4.98. The molecule has 100 valence electrons. The van der Waals surface area contributed by atoms with Crippen LogP contribution in [0.25, 0.3) is 10.8 Å². The molecule has 3 aromatic carbocycles. The largest absolute Gasteiger partial charge is 0.376 e. The summed E-state index contributed by atoms with van der Waals surface area (Å²) >= 11 is 0. The Kier molecular flexibility index (Phi) is 3.80. The zero-order valence-corrected chi connectivity index (χ0v) is 11.6. The summed E-state index contributed by atoms with van der Waals surface area (Å²) in [5.41, 5.74) is 2.56. The Morgan fingerprint density at radius 2 is 1.50 bits per heavy atom. The summed E-state index contributed by atoms with van der Waals surface area (Å²) in [6, 6.07) is 25.4. The second-order valence-corrected chi connectivity index (χ2v) is 4.98. The van der Waals surface area contributed by atoms with Crippen LogP contribution in [0.15, 0.2) is 72.8 Å². The number of hydrogen-bond donors (Lipinski definition) is 0. The lowest BCUT2D eigenvalue weighted by atomic mass is 9.96. The summed E-state index contributed by atoms with van der Waals surface area (Å²) in [5.74, 6) is 0. The van der Waals surface area contributed by atoms with Gasteiger partial charge in [0.25, 0.3) is 0 Å². The number of fused-ring (bicyclic) bond motifs is 1. The van der Waals surface area contributed by atoms with E-state index in [1.54, 1.807) is 7.11 Å². The van der Waals surface area contributed by atoms with E-state index in [0.29, 0.717) is 0 Å². The van der Waals surface area contributed by atoms with Crippen molar-refractivity contribution in [2.45, 2.75) is 12.5 Å². The fourth-order valence-corrected chi connectivity index (χ4v) is 2.68. The van der Waals surface area contributed by atoms with Gasteiger partial charge in [-0.15, -0.1) is 0 Å². The molecular weight excluding hydrogens is 244 g/mol. The summed E-state index contributed by atoms with van der Waals surface area (Å²) < 4.78 is 5.69. The summed E-state index contributed by atoms with van der Waals surface area (Å²) in [6.45, 7) is 0. The molecule has 0 radical (unpaired) electrons. The second kappa shape index (κ2) is 5.89. The first-order valence-electron chi connectivity index (χ1n) is 6.93. The van der Waals surface area contributed by atoms with Crippen molar-refractivity contribution in [1.29, 1.82) is 0 Å². The van der Waals surface area contributed by atoms with Gasteiger partial charge in [0.1, 0.15) is 0 Å². The van der Waals surface area contributed by atoms with Gasteiger partial charge in [-0.3, -0.25) is 0 Å². The fourth-order valence-electron chi connectivity index (χ4n) is 2.68. The molecule has 0 heterocycles. The van der Waals surface area contributed by atoms with E-state index < -0.39 is 0 Å². The Morgan fingerprint density at radius 1 is 0.800 bits per heavy atom. The molecule has 0 bridgehead atoms. The van der Waals surface area contributed by atoms with E-state index in [1.165, 1.54) is 21.9 Å². The minimum Gasteiger partial charge on any atom is -0.376 e. The van der Waals surface area contributed by atoms with E-state index in [2.05, 4.69) is 66.7 Å². The number of hydrogen-bond acceptors (Lipinski definition) is 1. The molecule has 1 unspecified atom stereocenters. The molecule has 20 heavy (non-hydrogen) atoms. The van der Waals surface area contributed by atoms with E-state index in [1.807, 2.05) is 6.07 Å². The SMILES string of the molecule is COC(Cc1cccc2ccccc12)c1ccccc1. The van der Waals surface area contributed by atoms with Crippen molar-refractivity contribution < 1.29 is 4.74 Å². The van der Waals surface area contributed by atoms with Crippen molar-refractivity contribution in [3.05, 3.63) is 83.9 Å². The molecule has 0 aliphatic rings. The normalized spacial score (nSPS) is 12.4. The van der Waals surface area contributed by atoms with E-state index in [4.69, 9.17) is 4.74 Å². The molecule has 0 fully saturated rings. The Bertz CT molecular complexity index is 683. The maximum absolute atomic E-state index is 5.69. The van der Waals surface area contributed by atoms with Crippen LogP contribution in [-0.2, 0) is 11.2 Å². The standard InChI is InChI=1S/C19H18O/c1-20-19(16-9-3-2-4-10-16)14-17-12-7-11-15-8-5-6-13-18(15)17/h2-13,19H,14H2,1H3. The monoisotopic (exact) mass is 262 g/mol. The van der Waals surface area contributed by atoms with Crippen molar-refractivity contribution >= 4 is 10.8 Å².